The molecule has 0 saturated heterocycles. The van der Waals surface area contributed by atoms with Crippen molar-refractivity contribution in [3.05, 3.63) is 57.6 Å². The summed E-state index contributed by atoms with van der Waals surface area (Å²) in [5, 5.41) is 15.3. The average Bonchev–Trinajstić information content (AvgIpc) is 2.48. The molecule has 0 saturated carbocycles. The maximum atomic E-state index is 12.1. The zero-order valence-corrected chi connectivity index (χ0v) is 14.0. The van der Waals surface area contributed by atoms with E-state index in [0.29, 0.717) is 0 Å². The quantitative estimate of drug-likeness (QED) is 0.462. The van der Waals surface area contributed by atoms with Crippen LogP contribution >= 0.6 is 11.6 Å². The molecule has 0 radical (unpaired) electrons. The number of sulfonamides is 1. The van der Waals surface area contributed by atoms with E-state index in [1.165, 1.54) is 0 Å². The van der Waals surface area contributed by atoms with E-state index in [4.69, 9.17) is 20.9 Å². The Labute approximate surface area is 141 Å². The Morgan fingerprint density at radius 3 is 2.00 bits per heavy atom. The molecule has 0 fully saturated rings. The Morgan fingerprint density at radius 1 is 1.00 bits per heavy atom. The third-order valence-electron chi connectivity index (χ3n) is 2.77. The van der Waals surface area contributed by atoms with E-state index in [0.717, 1.165) is 42.5 Å². The molecule has 24 heavy (non-hydrogen) atoms. The fraction of sp³-hybridized carbons (Fsp3) is 0. The van der Waals surface area contributed by atoms with Crippen molar-refractivity contribution in [3.8, 4) is 5.75 Å². The lowest BCUT2D eigenvalue weighted by Crippen LogP contribution is -2.13. The molecule has 0 aliphatic heterocycles. The standard InChI is InChI=1S/C12H9ClN2O7S2/c13-11-7-8(15(16)17)1-6-12(11)22-24(20,21)10-4-2-9(3-5-10)23(14,18)19/h1-7H,(H2,14,18,19). The number of hydrogen-bond acceptors (Lipinski definition) is 7. The van der Waals surface area contributed by atoms with Crippen LogP contribution in [0.3, 0.4) is 0 Å². The highest BCUT2D eigenvalue weighted by molar-refractivity contribution is 7.89. The SMILES string of the molecule is NS(=O)(=O)c1ccc(S(=O)(=O)Oc2ccc([N+](=O)[O-])cc2Cl)cc1. The van der Waals surface area contributed by atoms with Gasteiger partial charge in [-0.1, -0.05) is 11.6 Å². The Morgan fingerprint density at radius 2 is 1.54 bits per heavy atom. The van der Waals surface area contributed by atoms with E-state index in [1.807, 2.05) is 0 Å². The summed E-state index contributed by atoms with van der Waals surface area (Å²) in [4.78, 5) is 9.30. The Hall–Kier alpha value is -2.21. The van der Waals surface area contributed by atoms with E-state index in [1.54, 1.807) is 0 Å². The van der Waals surface area contributed by atoms with Crippen LogP contribution in [0.15, 0.2) is 52.3 Å². The molecule has 0 spiro atoms. The molecule has 2 aromatic rings. The van der Waals surface area contributed by atoms with E-state index < -0.39 is 25.1 Å². The second kappa shape index (κ2) is 6.36. The highest BCUT2D eigenvalue weighted by atomic mass is 35.5. The number of hydrogen-bond donors (Lipinski definition) is 1. The fourth-order valence-corrected chi connectivity index (χ4v) is 3.36. The molecule has 128 valence electrons. The van der Waals surface area contributed by atoms with Crippen molar-refractivity contribution in [2.45, 2.75) is 9.79 Å². The topological polar surface area (TPSA) is 147 Å². The molecule has 0 aliphatic carbocycles. The number of nitrogens with two attached hydrogens (primary N) is 1. The van der Waals surface area contributed by atoms with Crippen molar-refractivity contribution in [1.82, 2.24) is 0 Å². The summed E-state index contributed by atoms with van der Waals surface area (Å²) in [7, 11) is -8.29. The second-order valence-electron chi connectivity index (χ2n) is 4.43. The van der Waals surface area contributed by atoms with E-state index >= 15 is 0 Å². The first-order valence-corrected chi connectivity index (χ1v) is 9.35. The normalized spacial score (nSPS) is 11.9. The molecule has 2 aromatic carbocycles. The minimum atomic E-state index is -4.32. The number of nitro benzene ring substituents is 1. The van der Waals surface area contributed by atoms with Crippen molar-refractivity contribution in [2.24, 2.45) is 5.14 Å². The van der Waals surface area contributed by atoms with Crippen LogP contribution in [0, 0.1) is 10.1 Å². The monoisotopic (exact) mass is 392 g/mol. The van der Waals surface area contributed by atoms with Gasteiger partial charge in [0.15, 0.2) is 5.75 Å². The number of nitrogens with zero attached hydrogens (tertiary/aromatic N) is 1. The van der Waals surface area contributed by atoms with Gasteiger partial charge in [-0.25, -0.2) is 13.6 Å². The molecule has 0 amide bonds. The van der Waals surface area contributed by atoms with Gasteiger partial charge in [0.1, 0.15) is 4.90 Å². The summed E-state index contributed by atoms with van der Waals surface area (Å²) in [6.45, 7) is 0. The molecular weight excluding hydrogens is 384 g/mol. The summed E-state index contributed by atoms with van der Waals surface area (Å²) in [5.41, 5.74) is -0.331. The van der Waals surface area contributed by atoms with Gasteiger partial charge in [0.2, 0.25) is 10.0 Å². The fourth-order valence-electron chi connectivity index (χ4n) is 1.63. The molecule has 2 rings (SSSR count). The van der Waals surface area contributed by atoms with E-state index in [9.17, 15) is 26.9 Å². The Bertz CT molecular complexity index is 1000. The highest BCUT2D eigenvalue weighted by Crippen LogP contribution is 2.31. The molecule has 12 heteroatoms. The minimum Gasteiger partial charge on any atom is -0.377 e. The third-order valence-corrected chi connectivity index (χ3v) is 5.24. The lowest BCUT2D eigenvalue weighted by molar-refractivity contribution is -0.384. The van der Waals surface area contributed by atoms with Crippen LogP contribution < -0.4 is 9.32 Å². The number of halogens is 1. The van der Waals surface area contributed by atoms with Crippen LogP contribution in [0.1, 0.15) is 0 Å². The van der Waals surface area contributed by atoms with Crippen LogP contribution in [-0.2, 0) is 20.1 Å². The van der Waals surface area contributed by atoms with Gasteiger partial charge in [0.05, 0.1) is 14.8 Å². The maximum absolute atomic E-state index is 12.1. The molecular formula is C12H9ClN2O7S2. The van der Waals surface area contributed by atoms with Crippen LogP contribution in [0.4, 0.5) is 5.69 Å². The van der Waals surface area contributed by atoms with Gasteiger partial charge in [-0.15, -0.1) is 0 Å². The van der Waals surface area contributed by atoms with Crippen LogP contribution in [0.25, 0.3) is 0 Å². The molecule has 2 N–H and O–H groups in total. The molecule has 0 aliphatic rings. The minimum absolute atomic E-state index is 0.269. The Balaban J connectivity index is 2.33. The van der Waals surface area contributed by atoms with Crippen molar-refractivity contribution >= 4 is 37.4 Å². The average molecular weight is 393 g/mol. The van der Waals surface area contributed by atoms with Crippen LogP contribution in [0.5, 0.6) is 5.75 Å². The first-order chi connectivity index (χ1) is 11.0. The summed E-state index contributed by atoms with van der Waals surface area (Å²) in [5.74, 6) is -0.308. The van der Waals surface area contributed by atoms with Gasteiger partial charge in [-0.05, 0) is 30.3 Å². The summed E-state index contributed by atoms with van der Waals surface area (Å²) in [6, 6.07) is 7.00. The molecule has 0 aromatic heterocycles. The van der Waals surface area contributed by atoms with Gasteiger partial charge in [0.25, 0.3) is 5.69 Å². The first kappa shape index (κ1) is 18.1. The van der Waals surface area contributed by atoms with Crippen molar-refractivity contribution in [3.63, 3.8) is 0 Å². The second-order valence-corrected chi connectivity index (χ2v) is 7.94. The number of non-ortho nitro benzene ring substituents is 1. The molecule has 0 atom stereocenters. The molecule has 0 bridgehead atoms. The van der Waals surface area contributed by atoms with Gasteiger partial charge in [0, 0.05) is 12.1 Å². The molecule has 0 heterocycles. The predicted octanol–water partition coefficient (Wildman–Crippen LogP) is 1.66. The zero-order valence-electron chi connectivity index (χ0n) is 11.6. The number of primary sulfonamides is 1. The maximum Gasteiger partial charge on any atom is 0.339 e. The van der Waals surface area contributed by atoms with Crippen LogP contribution in [0.2, 0.25) is 5.02 Å². The summed E-state index contributed by atoms with van der Waals surface area (Å²) < 4.78 is 51.4. The molecule has 9 nitrogen and oxygen atoms in total. The van der Waals surface area contributed by atoms with Crippen molar-refractivity contribution in [1.29, 1.82) is 0 Å². The predicted molar refractivity (Wildman–Crippen MR) is 83.7 cm³/mol. The number of benzene rings is 2. The van der Waals surface area contributed by atoms with Crippen molar-refractivity contribution in [2.75, 3.05) is 0 Å². The largest absolute Gasteiger partial charge is 0.377 e. The van der Waals surface area contributed by atoms with Crippen molar-refractivity contribution < 1.29 is 25.9 Å². The smallest absolute Gasteiger partial charge is 0.339 e. The first-order valence-electron chi connectivity index (χ1n) is 6.02. The Kier molecular flexibility index (Phi) is 4.80. The van der Waals surface area contributed by atoms with Gasteiger partial charge < -0.3 is 4.18 Å². The zero-order chi connectivity index (χ0) is 18.1. The summed E-state index contributed by atoms with van der Waals surface area (Å²) >= 11 is 5.76. The van der Waals surface area contributed by atoms with Crippen LogP contribution in [-0.4, -0.2) is 21.8 Å². The lowest BCUT2D eigenvalue weighted by atomic mass is 10.3. The lowest BCUT2D eigenvalue weighted by Gasteiger charge is -2.08. The van der Waals surface area contributed by atoms with Gasteiger partial charge >= 0.3 is 10.1 Å². The number of nitro groups is 1. The highest BCUT2D eigenvalue weighted by Gasteiger charge is 2.20. The third kappa shape index (κ3) is 4.00. The van der Waals surface area contributed by atoms with Gasteiger partial charge in [-0.2, -0.15) is 8.42 Å². The number of rotatable bonds is 5. The van der Waals surface area contributed by atoms with E-state index in [-0.39, 0.29) is 26.3 Å². The summed E-state index contributed by atoms with van der Waals surface area (Å²) in [6.07, 6.45) is 0. The van der Waals surface area contributed by atoms with E-state index in [2.05, 4.69) is 0 Å². The molecule has 0 unspecified atom stereocenters. The van der Waals surface area contributed by atoms with Gasteiger partial charge in [-0.3, -0.25) is 10.1 Å².